The van der Waals surface area contributed by atoms with Gasteiger partial charge in [-0.25, -0.2) is 0 Å². The smallest absolute Gasteiger partial charge is 0.162 e. The molecule has 2 rings (SSSR count). The summed E-state index contributed by atoms with van der Waals surface area (Å²) in [6, 6.07) is 3.51. The van der Waals surface area contributed by atoms with E-state index >= 15 is 0 Å². The quantitative estimate of drug-likeness (QED) is 0.797. The maximum atomic E-state index is 10.5. The maximum absolute atomic E-state index is 10.5. The Morgan fingerprint density at radius 2 is 1.67 bits per heavy atom. The lowest BCUT2D eigenvalue weighted by atomic mass is 9.91. The van der Waals surface area contributed by atoms with Crippen LogP contribution in [0.15, 0.2) is 12.1 Å². The summed E-state index contributed by atoms with van der Waals surface area (Å²) in [5.74, 6) is 1.79. The summed E-state index contributed by atoms with van der Waals surface area (Å²) in [5, 5.41) is 11.1. The predicted octanol–water partition coefficient (Wildman–Crippen LogP) is 4.75. The van der Waals surface area contributed by atoms with E-state index in [1.165, 1.54) is 38.5 Å². The summed E-state index contributed by atoms with van der Waals surface area (Å²) < 4.78 is 10.5. The van der Waals surface area contributed by atoms with E-state index in [0.717, 1.165) is 12.0 Å². The zero-order valence-electron chi connectivity index (χ0n) is 12.9. The van der Waals surface area contributed by atoms with Crippen LogP contribution in [0.1, 0.15) is 56.6 Å². The monoisotopic (exact) mass is 312 g/mol. The first kappa shape index (κ1) is 16.4. The summed E-state index contributed by atoms with van der Waals surface area (Å²) in [5.41, 5.74) is 0.735. The van der Waals surface area contributed by atoms with Crippen molar-refractivity contribution in [2.45, 2.75) is 51.0 Å². The van der Waals surface area contributed by atoms with Crippen molar-refractivity contribution in [3.63, 3.8) is 0 Å². The normalized spacial score (nSPS) is 18.1. The van der Waals surface area contributed by atoms with Crippen LogP contribution in [0.2, 0.25) is 5.02 Å². The van der Waals surface area contributed by atoms with Gasteiger partial charge in [-0.3, -0.25) is 0 Å². The van der Waals surface area contributed by atoms with E-state index in [9.17, 15) is 5.11 Å². The number of benzene rings is 1. The second kappa shape index (κ2) is 7.90. The van der Waals surface area contributed by atoms with Crippen LogP contribution in [-0.4, -0.2) is 19.3 Å². The van der Waals surface area contributed by atoms with Gasteiger partial charge in [-0.1, -0.05) is 50.1 Å². The topological polar surface area (TPSA) is 38.7 Å². The number of ether oxygens (including phenoxy) is 2. The average Bonchev–Trinajstić information content (AvgIpc) is 2.75. The van der Waals surface area contributed by atoms with E-state index < -0.39 is 6.10 Å². The zero-order chi connectivity index (χ0) is 15.2. The second-order valence-corrected chi connectivity index (χ2v) is 6.24. The third-order valence-electron chi connectivity index (χ3n) is 4.39. The fourth-order valence-electron chi connectivity index (χ4n) is 3.17. The van der Waals surface area contributed by atoms with Crippen molar-refractivity contribution < 1.29 is 14.6 Å². The molecule has 0 amide bonds. The van der Waals surface area contributed by atoms with E-state index in [2.05, 4.69) is 0 Å². The van der Waals surface area contributed by atoms with Crippen LogP contribution in [-0.2, 0) is 0 Å². The molecule has 3 nitrogen and oxygen atoms in total. The molecule has 1 unspecified atom stereocenters. The number of hydrogen-bond acceptors (Lipinski definition) is 3. The lowest BCUT2D eigenvalue weighted by molar-refractivity contribution is 0.139. The Bertz CT molecular complexity index is 454. The standard InChI is InChI=1S/C17H25ClO3/c1-20-16-10-13(14(18)11-17(16)21-2)15(19)9-12-7-5-3-4-6-8-12/h10-12,15,19H,3-9H2,1-2H3. The third-order valence-corrected chi connectivity index (χ3v) is 4.72. The highest BCUT2D eigenvalue weighted by molar-refractivity contribution is 6.31. The first-order valence-corrected chi connectivity index (χ1v) is 8.13. The molecule has 4 heteroatoms. The molecule has 0 heterocycles. The van der Waals surface area contributed by atoms with E-state index in [1.807, 2.05) is 0 Å². The largest absolute Gasteiger partial charge is 0.493 e. The van der Waals surface area contributed by atoms with Crippen LogP contribution in [0.3, 0.4) is 0 Å². The van der Waals surface area contributed by atoms with Crippen LogP contribution in [0.5, 0.6) is 11.5 Å². The molecule has 1 atom stereocenters. The summed E-state index contributed by atoms with van der Waals surface area (Å²) in [6.07, 6.45) is 7.85. The number of rotatable bonds is 5. The van der Waals surface area contributed by atoms with E-state index in [1.54, 1.807) is 26.4 Å². The summed E-state index contributed by atoms with van der Waals surface area (Å²) in [4.78, 5) is 0. The molecule has 1 aromatic rings. The minimum atomic E-state index is -0.541. The highest BCUT2D eigenvalue weighted by atomic mass is 35.5. The highest BCUT2D eigenvalue weighted by Gasteiger charge is 2.21. The van der Waals surface area contributed by atoms with Crippen molar-refractivity contribution in [1.29, 1.82) is 0 Å². The Kier molecular flexibility index (Phi) is 6.19. The molecule has 1 fully saturated rings. The number of halogens is 1. The van der Waals surface area contributed by atoms with Crippen molar-refractivity contribution in [3.8, 4) is 11.5 Å². The molecule has 1 aromatic carbocycles. The highest BCUT2D eigenvalue weighted by Crippen LogP contribution is 2.39. The van der Waals surface area contributed by atoms with Crippen LogP contribution < -0.4 is 9.47 Å². The third kappa shape index (κ3) is 4.27. The molecule has 0 bridgehead atoms. The molecule has 1 aliphatic rings. The van der Waals surface area contributed by atoms with Gasteiger partial charge >= 0.3 is 0 Å². The maximum Gasteiger partial charge on any atom is 0.162 e. The van der Waals surface area contributed by atoms with Gasteiger partial charge in [-0.05, 0) is 18.4 Å². The molecule has 118 valence electrons. The van der Waals surface area contributed by atoms with Gasteiger partial charge in [0.1, 0.15) is 0 Å². The van der Waals surface area contributed by atoms with Crippen molar-refractivity contribution in [1.82, 2.24) is 0 Å². The Morgan fingerprint density at radius 1 is 1.10 bits per heavy atom. The number of hydrogen-bond donors (Lipinski definition) is 1. The summed E-state index contributed by atoms with van der Waals surface area (Å²) in [7, 11) is 3.17. The lowest BCUT2D eigenvalue weighted by Crippen LogP contribution is -2.08. The number of aliphatic hydroxyl groups excluding tert-OH is 1. The molecule has 1 aliphatic carbocycles. The summed E-state index contributed by atoms with van der Waals surface area (Å²) >= 11 is 6.29. The van der Waals surface area contributed by atoms with Gasteiger partial charge in [0, 0.05) is 11.6 Å². The van der Waals surface area contributed by atoms with E-state index in [-0.39, 0.29) is 0 Å². The molecule has 0 saturated heterocycles. The van der Waals surface area contributed by atoms with Gasteiger partial charge in [0.15, 0.2) is 11.5 Å². The SMILES string of the molecule is COc1cc(Cl)c(C(O)CC2CCCCCC2)cc1OC. The molecule has 1 N–H and O–H groups in total. The van der Waals surface area contributed by atoms with Crippen molar-refractivity contribution in [2.24, 2.45) is 5.92 Å². The van der Waals surface area contributed by atoms with Crippen molar-refractivity contribution >= 4 is 11.6 Å². The predicted molar refractivity (Wildman–Crippen MR) is 85.3 cm³/mol. The summed E-state index contributed by atoms with van der Waals surface area (Å²) in [6.45, 7) is 0. The fraction of sp³-hybridized carbons (Fsp3) is 0.647. The van der Waals surface area contributed by atoms with Crippen LogP contribution >= 0.6 is 11.6 Å². The fourth-order valence-corrected chi connectivity index (χ4v) is 3.45. The van der Waals surface area contributed by atoms with Crippen LogP contribution in [0.25, 0.3) is 0 Å². The molecule has 1 saturated carbocycles. The van der Waals surface area contributed by atoms with Gasteiger partial charge in [0.2, 0.25) is 0 Å². The number of methoxy groups -OCH3 is 2. The lowest BCUT2D eigenvalue weighted by Gasteiger charge is -2.20. The van der Waals surface area contributed by atoms with Gasteiger partial charge in [0.25, 0.3) is 0 Å². The Labute approximate surface area is 132 Å². The van der Waals surface area contributed by atoms with Crippen LogP contribution in [0, 0.1) is 5.92 Å². The van der Waals surface area contributed by atoms with E-state index in [0.29, 0.717) is 22.4 Å². The first-order chi connectivity index (χ1) is 10.2. The minimum Gasteiger partial charge on any atom is -0.493 e. The zero-order valence-corrected chi connectivity index (χ0v) is 13.7. The van der Waals surface area contributed by atoms with Crippen molar-refractivity contribution in [3.05, 3.63) is 22.7 Å². The molecule has 21 heavy (non-hydrogen) atoms. The Balaban J connectivity index is 2.12. The van der Waals surface area contributed by atoms with Crippen LogP contribution in [0.4, 0.5) is 0 Å². The Morgan fingerprint density at radius 3 is 2.24 bits per heavy atom. The van der Waals surface area contributed by atoms with Crippen molar-refractivity contribution in [2.75, 3.05) is 14.2 Å². The van der Waals surface area contributed by atoms with Gasteiger partial charge < -0.3 is 14.6 Å². The van der Waals surface area contributed by atoms with Gasteiger partial charge in [-0.2, -0.15) is 0 Å². The molecule has 0 spiro atoms. The molecule has 0 aliphatic heterocycles. The Hall–Kier alpha value is -0.930. The second-order valence-electron chi connectivity index (χ2n) is 5.84. The molecule has 0 aromatic heterocycles. The van der Waals surface area contributed by atoms with Gasteiger partial charge in [-0.15, -0.1) is 0 Å². The average molecular weight is 313 g/mol. The first-order valence-electron chi connectivity index (χ1n) is 7.75. The molecular weight excluding hydrogens is 288 g/mol. The number of aliphatic hydroxyl groups is 1. The molecule has 0 radical (unpaired) electrons. The van der Waals surface area contributed by atoms with E-state index in [4.69, 9.17) is 21.1 Å². The molecular formula is C17H25ClO3. The van der Waals surface area contributed by atoms with Gasteiger partial charge in [0.05, 0.1) is 25.3 Å². The minimum absolute atomic E-state index is 0.536.